The zero-order valence-electron chi connectivity index (χ0n) is 19.9. The van der Waals surface area contributed by atoms with E-state index in [-0.39, 0.29) is 0 Å². The largest absolute Gasteiger partial charge is 0.375 e. The lowest BCUT2D eigenvalue weighted by Gasteiger charge is -2.33. The Balaban J connectivity index is 0.00000133. The van der Waals surface area contributed by atoms with Crippen molar-refractivity contribution in [1.82, 2.24) is 24.8 Å². The molecule has 0 amide bonds. The van der Waals surface area contributed by atoms with Gasteiger partial charge in [-0.05, 0) is 37.7 Å². The van der Waals surface area contributed by atoms with Gasteiger partial charge >= 0.3 is 0 Å². The molecule has 1 fully saturated rings. The van der Waals surface area contributed by atoms with E-state index in [1.54, 1.807) is 11.3 Å². The topological polar surface area (TPSA) is 96.1 Å². The van der Waals surface area contributed by atoms with Crippen LogP contribution in [0.5, 0.6) is 0 Å². The fourth-order valence-electron chi connectivity index (χ4n) is 3.59. The summed E-state index contributed by atoms with van der Waals surface area (Å²) in [5.74, 6) is 2.48. The Morgan fingerprint density at radius 2 is 1.79 bits per heavy atom. The number of hydrogen-bond donors (Lipinski definition) is 2. The van der Waals surface area contributed by atoms with Crippen LogP contribution in [0.15, 0.2) is 30.5 Å². The number of hydrogen-bond acceptors (Lipinski definition) is 10. The highest BCUT2D eigenvalue weighted by atomic mass is 32.1. The Morgan fingerprint density at radius 3 is 2.59 bits per heavy atom. The summed E-state index contributed by atoms with van der Waals surface area (Å²) in [6.45, 7) is 9.94. The SMILES string of the molecule is CC.Cc1nc(Nc2ncc(/C=C/c3ccc4nc(N)sc4c3)s2)cc(N2CCN(C)CC2)n1. The molecule has 8 nitrogen and oxygen atoms in total. The number of nitrogens with one attached hydrogen (secondary N) is 1. The summed E-state index contributed by atoms with van der Waals surface area (Å²) >= 11 is 3.08. The minimum absolute atomic E-state index is 0.593. The van der Waals surface area contributed by atoms with Gasteiger partial charge in [0.15, 0.2) is 10.3 Å². The summed E-state index contributed by atoms with van der Waals surface area (Å²) in [6.07, 6.45) is 6.00. The maximum absolute atomic E-state index is 5.80. The monoisotopic (exact) mass is 494 g/mol. The van der Waals surface area contributed by atoms with Crippen LogP contribution in [0.2, 0.25) is 0 Å². The molecule has 0 aliphatic carbocycles. The molecule has 0 radical (unpaired) electrons. The normalized spacial score (nSPS) is 14.4. The van der Waals surface area contributed by atoms with Crippen LogP contribution in [0, 0.1) is 6.92 Å². The minimum atomic E-state index is 0.593. The first kappa shape index (κ1) is 24.1. The summed E-state index contributed by atoms with van der Waals surface area (Å²) in [5, 5.41) is 4.74. The highest BCUT2D eigenvalue weighted by molar-refractivity contribution is 7.22. The Morgan fingerprint density at radius 1 is 1.00 bits per heavy atom. The molecule has 5 rings (SSSR count). The summed E-state index contributed by atoms with van der Waals surface area (Å²) in [5.41, 5.74) is 7.84. The number of nitrogens with zero attached hydrogens (tertiary/aromatic N) is 6. The number of rotatable bonds is 5. The van der Waals surface area contributed by atoms with E-state index in [2.05, 4.69) is 60.3 Å². The molecule has 3 N–H and O–H groups in total. The van der Waals surface area contributed by atoms with Gasteiger partial charge in [0.1, 0.15) is 17.5 Å². The van der Waals surface area contributed by atoms with E-state index in [4.69, 9.17) is 5.73 Å². The van der Waals surface area contributed by atoms with Crippen molar-refractivity contribution < 1.29 is 0 Å². The molecule has 1 aliphatic rings. The van der Waals surface area contributed by atoms with Gasteiger partial charge in [-0.2, -0.15) is 0 Å². The van der Waals surface area contributed by atoms with Gasteiger partial charge in [-0.1, -0.05) is 48.7 Å². The van der Waals surface area contributed by atoms with Crippen LogP contribution in [0.4, 0.5) is 21.9 Å². The lowest BCUT2D eigenvalue weighted by atomic mass is 10.2. The second kappa shape index (κ2) is 10.9. The maximum atomic E-state index is 5.80. The molecule has 1 aromatic carbocycles. The van der Waals surface area contributed by atoms with Crippen LogP contribution in [0.1, 0.15) is 30.1 Å². The number of nitrogens with two attached hydrogens (primary N) is 1. The predicted molar refractivity (Wildman–Crippen MR) is 146 cm³/mol. The molecule has 34 heavy (non-hydrogen) atoms. The van der Waals surface area contributed by atoms with Gasteiger partial charge in [0.25, 0.3) is 0 Å². The van der Waals surface area contributed by atoms with E-state index in [1.165, 1.54) is 11.3 Å². The molecule has 4 aromatic rings. The van der Waals surface area contributed by atoms with E-state index in [1.807, 2.05) is 45.2 Å². The predicted octanol–water partition coefficient (Wildman–Crippen LogP) is 5.13. The molecule has 1 saturated heterocycles. The smallest absolute Gasteiger partial charge is 0.188 e. The molecule has 1 aliphatic heterocycles. The van der Waals surface area contributed by atoms with Gasteiger partial charge < -0.3 is 20.9 Å². The lowest BCUT2D eigenvalue weighted by Crippen LogP contribution is -2.44. The van der Waals surface area contributed by atoms with Crippen LogP contribution >= 0.6 is 22.7 Å². The molecule has 4 heterocycles. The van der Waals surface area contributed by atoms with E-state index in [0.29, 0.717) is 5.13 Å². The Bertz CT molecular complexity index is 1270. The van der Waals surface area contributed by atoms with Crippen molar-refractivity contribution in [3.63, 3.8) is 0 Å². The van der Waals surface area contributed by atoms with Crippen LogP contribution in [-0.4, -0.2) is 58.1 Å². The second-order valence-corrected chi connectivity index (χ2v) is 9.88. The third-order valence-electron chi connectivity index (χ3n) is 5.28. The Labute approximate surface area is 208 Å². The number of fused-ring (bicyclic) bond motifs is 1. The van der Waals surface area contributed by atoms with Gasteiger partial charge in [-0.15, -0.1) is 0 Å². The van der Waals surface area contributed by atoms with E-state index in [9.17, 15) is 0 Å². The third kappa shape index (κ3) is 5.88. The zero-order valence-corrected chi connectivity index (χ0v) is 21.6. The first-order valence-electron chi connectivity index (χ1n) is 11.4. The summed E-state index contributed by atoms with van der Waals surface area (Å²) < 4.78 is 1.09. The average molecular weight is 495 g/mol. The molecular formula is C24H30N8S2. The molecule has 3 aromatic heterocycles. The first-order valence-corrected chi connectivity index (χ1v) is 13.0. The number of likely N-dealkylation sites (N-methyl/N-ethyl adjacent to an activating group) is 1. The molecule has 10 heteroatoms. The number of piperazine rings is 1. The van der Waals surface area contributed by atoms with Gasteiger partial charge in [0.2, 0.25) is 0 Å². The van der Waals surface area contributed by atoms with E-state index >= 15 is 0 Å². The number of aromatic nitrogens is 4. The number of benzene rings is 1. The van der Waals surface area contributed by atoms with Crippen LogP contribution < -0.4 is 16.0 Å². The number of anilines is 4. The van der Waals surface area contributed by atoms with Gasteiger partial charge in [-0.25, -0.2) is 19.9 Å². The quantitative estimate of drug-likeness (QED) is 0.394. The fourth-order valence-corrected chi connectivity index (χ4v) is 5.09. The molecule has 0 unspecified atom stereocenters. The van der Waals surface area contributed by atoms with Crippen molar-refractivity contribution in [3.05, 3.63) is 46.7 Å². The van der Waals surface area contributed by atoms with Gasteiger partial charge in [0, 0.05) is 43.3 Å². The van der Waals surface area contributed by atoms with E-state index in [0.717, 1.165) is 69.4 Å². The second-order valence-electron chi connectivity index (χ2n) is 7.75. The Hall–Kier alpha value is -3.08. The third-order valence-corrected chi connectivity index (χ3v) is 7.00. The van der Waals surface area contributed by atoms with Crippen molar-refractivity contribution in [3.8, 4) is 0 Å². The summed E-state index contributed by atoms with van der Waals surface area (Å²) in [7, 11) is 2.15. The minimum Gasteiger partial charge on any atom is -0.375 e. The zero-order chi connectivity index (χ0) is 24.1. The summed E-state index contributed by atoms with van der Waals surface area (Å²) in [6, 6.07) is 8.15. The van der Waals surface area contributed by atoms with Crippen molar-refractivity contribution in [2.24, 2.45) is 0 Å². The first-order chi connectivity index (χ1) is 16.5. The molecular weight excluding hydrogens is 464 g/mol. The van der Waals surface area contributed by atoms with Crippen molar-refractivity contribution in [2.45, 2.75) is 20.8 Å². The van der Waals surface area contributed by atoms with Crippen LogP contribution in [-0.2, 0) is 0 Å². The highest BCUT2D eigenvalue weighted by Crippen LogP contribution is 2.27. The van der Waals surface area contributed by atoms with Crippen molar-refractivity contribution in [2.75, 3.05) is 49.2 Å². The molecule has 0 spiro atoms. The van der Waals surface area contributed by atoms with Crippen LogP contribution in [0.25, 0.3) is 22.4 Å². The van der Waals surface area contributed by atoms with Crippen molar-refractivity contribution >= 4 is 66.9 Å². The molecule has 0 saturated carbocycles. The van der Waals surface area contributed by atoms with Crippen molar-refractivity contribution in [1.29, 1.82) is 0 Å². The standard InChI is InChI=1S/C22H24N8S2.C2H6/c1-14-25-19(12-20(26-14)30-9-7-29(2)8-10-30)28-22-24-13-16(31-22)5-3-15-4-6-17-18(11-15)32-21(23)27-17;1-2/h3-6,11-13H,7-10H2,1-2H3,(H2,23,27)(H,24,25,26,28);1-2H3/b5-3+;. The number of thiazole rings is 2. The fraction of sp³-hybridized carbons (Fsp3) is 0.333. The van der Waals surface area contributed by atoms with Gasteiger partial charge in [-0.3, -0.25) is 0 Å². The maximum Gasteiger partial charge on any atom is 0.188 e. The van der Waals surface area contributed by atoms with E-state index < -0.39 is 0 Å². The van der Waals surface area contributed by atoms with Gasteiger partial charge in [0.05, 0.1) is 10.2 Å². The summed E-state index contributed by atoms with van der Waals surface area (Å²) in [4.78, 5) is 23.7. The highest BCUT2D eigenvalue weighted by Gasteiger charge is 2.17. The number of nitrogen functional groups attached to an aromatic ring is 1. The molecule has 0 atom stereocenters. The average Bonchev–Trinajstić information content (AvgIpc) is 3.43. The number of aryl methyl sites for hydroxylation is 1. The Kier molecular flexibility index (Phi) is 7.71. The van der Waals surface area contributed by atoms with Crippen LogP contribution in [0.3, 0.4) is 0 Å². The molecule has 178 valence electrons. The molecule has 0 bridgehead atoms. The lowest BCUT2D eigenvalue weighted by molar-refractivity contribution is 0.312.